The zero-order valence-electron chi connectivity index (χ0n) is 23.3. The molecule has 0 fully saturated rings. The average Bonchev–Trinajstić information content (AvgIpc) is 3.38. The third-order valence-corrected chi connectivity index (χ3v) is 10.9. The second-order valence-corrected chi connectivity index (χ2v) is 13.9. The Hall–Kier alpha value is -4.18. The largest absolute Gasteiger partial charge is 0.310 e. The van der Waals surface area contributed by atoms with Gasteiger partial charge in [0, 0.05) is 35.7 Å². The number of nitrogens with zero attached hydrogens (tertiary/aromatic N) is 1. The maximum atomic E-state index is 3.71. The topological polar surface area (TPSA) is 3.24 Å². The zero-order valence-corrected chi connectivity index (χ0v) is 25.7. The molecule has 0 aliphatic carbocycles. The average molecular weight is 621 g/mol. The molecule has 1 aliphatic rings. The summed E-state index contributed by atoms with van der Waals surface area (Å²) < 4.78 is 3.78. The van der Waals surface area contributed by atoms with Crippen molar-refractivity contribution in [3.63, 3.8) is 0 Å². The Labute approximate surface area is 256 Å². The zero-order chi connectivity index (χ0) is 28.2. The molecule has 0 spiro atoms. The molecule has 0 atom stereocenters. The quantitative estimate of drug-likeness (QED) is 0.165. The van der Waals surface area contributed by atoms with Crippen LogP contribution in [0, 0.1) is 0 Å². The molecule has 1 aromatic heterocycles. The second-order valence-electron chi connectivity index (χ2n) is 11.9. The highest BCUT2D eigenvalue weighted by Crippen LogP contribution is 2.54. The van der Waals surface area contributed by atoms with Crippen LogP contribution in [0.1, 0.15) is 25.0 Å². The highest BCUT2D eigenvalue weighted by molar-refractivity contribution is 9.10. The highest BCUT2D eigenvalue weighted by Gasteiger charge is 2.37. The van der Waals surface area contributed by atoms with Crippen LogP contribution < -0.4 is 4.90 Å². The molecule has 0 amide bonds. The van der Waals surface area contributed by atoms with E-state index in [1.54, 1.807) is 0 Å². The van der Waals surface area contributed by atoms with Crippen LogP contribution >= 0.6 is 27.3 Å². The lowest BCUT2D eigenvalue weighted by atomic mass is 9.73. The van der Waals surface area contributed by atoms with E-state index >= 15 is 0 Å². The first-order valence-electron chi connectivity index (χ1n) is 14.4. The number of fused-ring (bicyclic) bond motifs is 11. The van der Waals surface area contributed by atoms with E-state index < -0.39 is 0 Å². The van der Waals surface area contributed by atoms with Gasteiger partial charge in [-0.1, -0.05) is 103 Å². The summed E-state index contributed by atoms with van der Waals surface area (Å²) in [6, 6.07) is 45.2. The normalized spacial score (nSPS) is 14.2. The van der Waals surface area contributed by atoms with Crippen molar-refractivity contribution in [1.82, 2.24) is 0 Å². The molecule has 8 aromatic rings. The van der Waals surface area contributed by atoms with Gasteiger partial charge >= 0.3 is 0 Å². The predicted molar refractivity (Wildman–Crippen MR) is 186 cm³/mol. The summed E-state index contributed by atoms with van der Waals surface area (Å²) in [4.78, 5) is 2.50. The summed E-state index contributed by atoms with van der Waals surface area (Å²) in [5.41, 5.74) is 6.30. The van der Waals surface area contributed by atoms with Crippen molar-refractivity contribution in [3.05, 3.63) is 137 Å². The third kappa shape index (κ3) is 3.29. The van der Waals surface area contributed by atoms with Gasteiger partial charge in [-0.05, 0) is 92.0 Å². The van der Waals surface area contributed by atoms with Gasteiger partial charge in [-0.25, -0.2) is 0 Å². The summed E-state index contributed by atoms with van der Waals surface area (Å²) >= 11 is 5.60. The molecule has 0 unspecified atom stereocenters. The molecule has 42 heavy (non-hydrogen) atoms. The Morgan fingerprint density at radius 2 is 1.14 bits per heavy atom. The van der Waals surface area contributed by atoms with E-state index in [0.717, 1.165) is 4.47 Å². The SMILES string of the molecule is CC1(C)c2ccccc2N(c2ccc3c4ccc(Br)cc4c4ccccc4c3c2)c2cc3sc4ccccc4c3cc21. The Balaban J connectivity index is 1.38. The molecule has 1 aliphatic heterocycles. The van der Waals surface area contributed by atoms with Crippen LogP contribution in [0.2, 0.25) is 0 Å². The van der Waals surface area contributed by atoms with E-state index in [1.807, 2.05) is 11.3 Å². The first-order chi connectivity index (χ1) is 20.5. The standard InChI is InChI=1S/C39H26BrNS/c1-39(2)33-12-6-7-13-35(33)41(36-22-38-32(21-34(36)39)29-11-5-8-14-37(29)42-38)24-16-18-28-27-17-15-23(40)19-30(27)25-9-3-4-10-26(25)31(28)20-24/h3-22H,1-2H3. The summed E-state index contributed by atoms with van der Waals surface area (Å²) in [7, 11) is 0. The molecule has 9 rings (SSSR count). The van der Waals surface area contributed by atoms with E-state index in [2.05, 4.69) is 156 Å². The van der Waals surface area contributed by atoms with E-state index in [1.165, 1.54) is 80.7 Å². The number of halogens is 1. The van der Waals surface area contributed by atoms with Gasteiger partial charge in [0.1, 0.15) is 0 Å². The number of thiophene rings is 1. The molecule has 0 saturated heterocycles. The number of anilines is 3. The molecule has 0 N–H and O–H groups in total. The van der Waals surface area contributed by atoms with Gasteiger partial charge in [-0.15, -0.1) is 11.3 Å². The highest BCUT2D eigenvalue weighted by atomic mass is 79.9. The molecule has 2 heterocycles. The first-order valence-corrected chi connectivity index (χ1v) is 16.0. The number of benzene rings is 7. The maximum absolute atomic E-state index is 3.71. The maximum Gasteiger partial charge on any atom is 0.0517 e. The number of hydrogen-bond acceptors (Lipinski definition) is 2. The Morgan fingerprint density at radius 3 is 1.95 bits per heavy atom. The lowest BCUT2D eigenvalue weighted by Crippen LogP contribution is -2.30. The minimum atomic E-state index is -0.132. The minimum absolute atomic E-state index is 0.132. The minimum Gasteiger partial charge on any atom is -0.310 e. The van der Waals surface area contributed by atoms with Gasteiger partial charge in [0.05, 0.1) is 11.4 Å². The van der Waals surface area contributed by atoms with Crippen LogP contribution in [0.3, 0.4) is 0 Å². The van der Waals surface area contributed by atoms with Crippen LogP contribution in [0.25, 0.3) is 52.5 Å². The van der Waals surface area contributed by atoms with Gasteiger partial charge in [-0.2, -0.15) is 0 Å². The number of rotatable bonds is 1. The van der Waals surface area contributed by atoms with Crippen molar-refractivity contribution in [3.8, 4) is 0 Å². The van der Waals surface area contributed by atoms with Crippen molar-refractivity contribution in [1.29, 1.82) is 0 Å². The Morgan fingerprint density at radius 1 is 0.500 bits per heavy atom. The van der Waals surface area contributed by atoms with Gasteiger partial charge in [0.2, 0.25) is 0 Å². The number of para-hydroxylation sites is 1. The molecule has 0 radical (unpaired) electrons. The molecular formula is C39H26BrNS. The molecule has 200 valence electrons. The van der Waals surface area contributed by atoms with Crippen molar-refractivity contribution in [2.24, 2.45) is 0 Å². The molecule has 7 aromatic carbocycles. The van der Waals surface area contributed by atoms with Crippen LogP contribution in [-0.2, 0) is 5.41 Å². The lowest BCUT2D eigenvalue weighted by molar-refractivity contribution is 0.633. The summed E-state index contributed by atoms with van der Waals surface area (Å²) in [5.74, 6) is 0. The van der Waals surface area contributed by atoms with Gasteiger partial charge in [0.15, 0.2) is 0 Å². The van der Waals surface area contributed by atoms with Gasteiger partial charge in [-0.3, -0.25) is 0 Å². The van der Waals surface area contributed by atoms with Crippen molar-refractivity contribution < 1.29 is 0 Å². The van der Waals surface area contributed by atoms with Gasteiger partial charge in [0.25, 0.3) is 0 Å². The van der Waals surface area contributed by atoms with E-state index in [4.69, 9.17) is 0 Å². The van der Waals surface area contributed by atoms with Crippen LogP contribution in [-0.4, -0.2) is 0 Å². The summed E-state index contributed by atoms with van der Waals surface area (Å²) in [5, 5.41) is 10.4. The summed E-state index contributed by atoms with van der Waals surface area (Å²) in [6.07, 6.45) is 0. The monoisotopic (exact) mass is 619 g/mol. The molecule has 0 saturated carbocycles. The van der Waals surface area contributed by atoms with E-state index in [9.17, 15) is 0 Å². The van der Waals surface area contributed by atoms with E-state index in [0.29, 0.717) is 0 Å². The molecule has 0 bridgehead atoms. The van der Waals surface area contributed by atoms with Crippen LogP contribution in [0.15, 0.2) is 126 Å². The molecular weight excluding hydrogens is 594 g/mol. The predicted octanol–water partition coefficient (Wildman–Crippen LogP) is 12.4. The number of hydrogen-bond donors (Lipinski definition) is 0. The van der Waals surface area contributed by atoms with Crippen molar-refractivity contribution in [2.75, 3.05) is 4.90 Å². The Kier molecular flexibility index (Phi) is 5.04. The fourth-order valence-electron chi connectivity index (χ4n) is 7.25. The summed E-state index contributed by atoms with van der Waals surface area (Å²) in [6.45, 7) is 4.75. The lowest BCUT2D eigenvalue weighted by Gasteiger charge is -2.42. The fraction of sp³-hybridized carbons (Fsp3) is 0.0769. The van der Waals surface area contributed by atoms with Crippen molar-refractivity contribution in [2.45, 2.75) is 19.3 Å². The molecule has 3 heteroatoms. The first kappa shape index (κ1) is 24.4. The smallest absolute Gasteiger partial charge is 0.0517 e. The second kappa shape index (κ2) is 8.67. The van der Waals surface area contributed by atoms with Crippen LogP contribution in [0.5, 0.6) is 0 Å². The molecule has 1 nitrogen and oxygen atoms in total. The van der Waals surface area contributed by atoms with Crippen molar-refractivity contribution >= 4 is 96.8 Å². The van der Waals surface area contributed by atoms with Crippen LogP contribution in [0.4, 0.5) is 17.1 Å². The van der Waals surface area contributed by atoms with E-state index in [-0.39, 0.29) is 5.41 Å². The Bertz CT molecular complexity index is 2390. The van der Waals surface area contributed by atoms with Gasteiger partial charge < -0.3 is 4.90 Å². The third-order valence-electron chi connectivity index (χ3n) is 9.27. The fourth-order valence-corrected chi connectivity index (χ4v) is 8.73.